The molecule has 2 aliphatic rings. The Morgan fingerprint density at radius 2 is 1.46 bits per heavy atom. The number of nitrogens with zero attached hydrogens (tertiary/aromatic N) is 2. The number of amides is 1. The molecule has 0 bridgehead atoms. The number of carbonyl (C=O) groups excluding carboxylic acids is 1. The number of likely N-dealkylation sites (N-methyl/N-ethyl adjacent to an activating group) is 2. The van der Waals surface area contributed by atoms with Crippen molar-refractivity contribution >= 4 is 17.3 Å². The summed E-state index contributed by atoms with van der Waals surface area (Å²) in [6.45, 7) is 1.78. The van der Waals surface area contributed by atoms with Crippen molar-refractivity contribution < 1.29 is 23.7 Å². The molecule has 7 nitrogen and oxygen atoms in total. The number of hydrogen-bond donors (Lipinski definition) is 0. The van der Waals surface area contributed by atoms with Crippen LogP contribution in [0.25, 0.3) is 0 Å². The number of fused-ring (bicyclic) bond motifs is 2. The molecule has 7 heteroatoms. The van der Waals surface area contributed by atoms with E-state index in [1.807, 2.05) is 24.3 Å². The molecular formula is C21H28N2O5. The Hall–Kier alpha value is -3.09. The molecule has 0 aromatic heterocycles. The van der Waals surface area contributed by atoms with Gasteiger partial charge in [-0.15, -0.1) is 0 Å². The van der Waals surface area contributed by atoms with E-state index >= 15 is 0 Å². The number of anilines is 2. The lowest BCUT2D eigenvalue weighted by molar-refractivity contribution is -0.120. The maximum absolute atomic E-state index is 11.3. The monoisotopic (exact) mass is 388 g/mol. The maximum atomic E-state index is 11.3. The van der Waals surface area contributed by atoms with Crippen LogP contribution in [0.5, 0.6) is 23.0 Å². The third kappa shape index (κ3) is 4.42. The van der Waals surface area contributed by atoms with E-state index in [4.69, 9.17) is 18.9 Å². The lowest BCUT2D eigenvalue weighted by Crippen LogP contribution is -2.35. The van der Waals surface area contributed by atoms with E-state index in [0.29, 0.717) is 5.75 Å². The lowest BCUT2D eigenvalue weighted by Gasteiger charge is -2.27. The molecule has 2 aromatic rings. The van der Waals surface area contributed by atoms with Crippen LogP contribution in [0.2, 0.25) is 0 Å². The van der Waals surface area contributed by atoms with E-state index in [9.17, 15) is 4.79 Å². The Balaban J connectivity index is 0.000000194. The van der Waals surface area contributed by atoms with Crippen molar-refractivity contribution in [1.82, 2.24) is 0 Å². The molecule has 0 saturated carbocycles. The summed E-state index contributed by atoms with van der Waals surface area (Å²) in [6, 6.07) is 11.3. The van der Waals surface area contributed by atoms with Crippen LogP contribution in [0.15, 0.2) is 36.4 Å². The van der Waals surface area contributed by atoms with Gasteiger partial charge >= 0.3 is 0 Å². The van der Waals surface area contributed by atoms with Crippen molar-refractivity contribution in [2.75, 3.05) is 57.9 Å². The molecule has 0 saturated heterocycles. The fourth-order valence-corrected chi connectivity index (χ4v) is 2.85. The highest BCUT2D eigenvalue weighted by Crippen LogP contribution is 2.34. The summed E-state index contributed by atoms with van der Waals surface area (Å²) in [4.78, 5) is 15.0. The second-order valence-electron chi connectivity index (χ2n) is 6.18. The van der Waals surface area contributed by atoms with Crippen molar-refractivity contribution in [2.24, 2.45) is 0 Å². The number of hydrogen-bond acceptors (Lipinski definition) is 6. The first-order valence-electron chi connectivity index (χ1n) is 8.63. The van der Waals surface area contributed by atoms with Gasteiger partial charge in [-0.05, 0) is 24.3 Å². The number of carbonyl (C=O) groups is 1. The maximum Gasteiger partial charge on any atom is 0.264 e. The van der Waals surface area contributed by atoms with Gasteiger partial charge in [0.15, 0.2) is 6.61 Å². The molecule has 0 fully saturated rings. The summed E-state index contributed by atoms with van der Waals surface area (Å²) >= 11 is 0. The highest BCUT2D eigenvalue weighted by molar-refractivity contribution is 5.97. The zero-order chi connectivity index (χ0) is 19.4. The quantitative estimate of drug-likeness (QED) is 0.787. The van der Waals surface area contributed by atoms with Gasteiger partial charge in [-0.1, -0.05) is 7.43 Å². The summed E-state index contributed by atoms with van der Waals surface area (Å²) in [5.41, 5.74) is 1.91. The standard InChI is InChI=1S/C10H11NO3.C10H13NO2.CH4/c1-11-8-4-3-7(13-2)5-9(8)14-6-10(11)12;1-11-5-6-13-10-7-8(12-2)3-4-9(10)11;/h3-5H,6H2,1-2H3;3-4,7H,5-6H2,1-2H3;1H4. The lowest BCUT2D eigenvalue weighted by atomic mass is 10.2. The Morgan fingerprint density at radius 1 is 0.893 bits per heavy atom. The minimum absolute atomic E-state index is 0. The number of rotatable bonds is 2. The average molecular weight is 388 g/mol. The van der Waals surface area contributed by atoms with E-state index in [2.05, 4.69) is 11.9 Å². The van der Waals surface area contributed by atoms with Gasteiger partial charge in [-0.2, -0.15) is 0 Å². The van der Waals surface area contributed by atoms with E-state index in [1.54, 1.807) is 38.3 Å². The number of ether oxygens (including phenoxy) is 4. The first-order valence-corrected chi connectivity index (χ1v) is 8.63. The van der Waals surface area contributed by atoms with Crippen LogP contribution < -0.4 is 28.7 Å². The predicted octanol–water partition coefficient (Wildman–Crippen LogP) is 3.21. The molecule has 0 radical (unpaired) electrons. The van der Waals surface area contributed by atoms with Crippen LogP contribution in [0.3, 0.4) is 0 Å². The first-order chi connectivity index (χ1) is 13.0. The van der Waals surface area contributed by atoms with E-state index in [1.165, 1.54) is 0 Å². The normalized spacial score (nSPS) is 14.2. The van der Waals surface area contributed by atoms with Crippen molar-refractivity contribution in [3.63, 3.8) is 0 Å². The van der Waals surface area contributed by atoms with Crippen molar-refractivity contribution in [3.8, 4) is 23.0 Å². The highest BCUT2D eigenvalue weighted by Gasteiger charge is 2.22. The van der Waals surface area contributed by atoms with Crippen LogP contribution in [0, 0.1) is 0 Å². The van der Waals surface area contributed by atoms with Crippen LogP contribution in [-0.4, -0.2) is 54.0 Å². The molecule has 1 amide bonds. The molecule has 2 heterocycles. The minimum Gasteiger partial charge on any atom is -0.497 e. The molecule has 2 aromatic carbocycles. The summed E-state index contributed by atoms with van der Waals surface area (Å²) in [6.07, 6.45) is 0. The Labute approximate surface area is 166 Å². The van der Waals surface area contributed by atoms with Gasteiger partial charge in [-0.25, -0.2) is 0 Å². The summed E-state index contributed by atoms with van der Waals surface area (Å²) in [5, 5.41) is 0. The molecule has 0 unspecified atom stereocenters. The van der Waals surface area contributed by atoms with Crippen LogP contribution in [0.1, 0.15) is 7.43 Å². The number of methoxy groups -OCH3 is 2. The van der Waals surface area contributed by atoms with Gasteiger partial charge in [0.2, 0.25) is 0 Å². The van der Waals surface area contributed by atoms with Gasteiger partial charge in [0.1, 0.15) is 29.6 Å². The molecule has 28 heavy (non-hydrogen) atoms. The van der Waals surface area contributed by atoms with E-state index in [-0.39, 0.29) is 19.9 Å². The molecule has 0 spiro atoms. The number of benzene rings is 2. The predicted molar refractivity (Wildman–Crippen MR) is 110 cm³/mol. The van der Waals surface area contributed by atoms with E-state index in [0.717, 1.165) is 41.8 Å². The molecule has 4 rings (SSSR count). The minimum atomic E-state index is -0.0392. The van der Waals surface area contributed by atoms with Gasteiger partial charge in [0.25, 0.3) is 5.91 Å². The molecule has 0 atom stereocenters. The molecule has 2 aliphatic heterocycles. The van der Waals surface area contributed by atoms with E-state index < -0.39 is 0 Å². The highest BCUT2D eigenvalue weighted by atomic mass is 16.5. The van der Waals surface area contributed by atoms with Crippen molar-refractivity contribution in [2.45, 2.75) is 7.43 Å². The average Bonchev–Trinajstić information content (AvgIpc) is 2.71. The Bertz CT molecular complexity index is 824. The fourth-order valence-electron chi connectivity index (χ4n) is 2.85. The third-order valence-corrected chi connectivity index (χ3v) is 4.52. The zero-order valence-corrected chi connectivity index (χ0v) is 16.0. The Kier molecular flexibility index (Phi) is 6.98. The van der Waals surface area contributed by atoms with Gasteiger partial charge in [0.05, 0.1) is 32.1 Å². The van der Waals surface area contributed by atoms with Gasteiger partial charge < -0.3 is 28.7 Å². The van der Waals surface area contributed by atoms with Gasteiger partial charge in [-0.3, -0.25) is 4.79 Å². The summed E-state index contributed by atoms with van der Waals surface area (Å²) < 4.78 is 21.0. The summed E-state index contributed by atoms with van der Waals surface area (Å²) in [5.74, 6) is 3.13. The zero-order valence-electron chi connectivity index (χ0n) is 16.0. The topological polar surface area (TPSA) is 60.5 Å². The second kappa shape index (κ2) is 9.21. The van der Waals surface area contributed by atoms with Crippen LogP contribution in [-0.2, 0) is 4.79 Å². The Morgan fingerprint density at radius 3 is 2.07 bits per heavy atom. The van der Waals surface area contributed by atoms with Crippen molar-refractivity contribution in [1.29, 1.82) is 0 Å². The molecule has 0 N–H and O–H groups in total. The fraction of sp³-hybridized carbons (Fsp3) is 0.381. The van der Waals surface area contributed by atoms with Crippen LogP contribution in [0.4, 0.5) is 11.4 Å². The molecule has 0 aliphatic carbocycles. The molecule has 152 valence electrons. The SMILES string of the molecule is C.COc1ccc2c(c1)OCC(=O)N2C.COc1ccc2c(c1)OCCN2C. The first kappa shape index (κ1) is 21.2. The van der Waals surface area contributed by atoms with Crippen LogP contribution >= 0.6 is 0 Å². The molecular weight excluding hydrogens is 360 g/mol. The third-order valence-electron chi connectivity index (χ3n) is 4.52. The summed E-state index contributed by atoms with van der Waals surface area (Å²) in [7, 11) is 7.05. The van der Waals surface area contributed by atoms with Crippen molar-refractivity contribution in [3.05, 3.63) is 36.4 Å². The second-order valence-corrected chi connectivity index (χ2v) is 6.18. The van der Waals surface area contributed by atoms with Gasteiger partial charge in [0, 0.05) is 26.2 Å². The smallest absolute Gasteiger partial charge is 0.264 e. The largest absolute Gasteiger partial charge is 0.497 e.